The van der Waals surface area contributed by atoms with E-state index in [1.54, 1.807) is 0 Å². The van der Waals surface area contributed by atoms with Crippen molar-refractivity contribution in [2.75, 3.05) is 0 Å². The highest BCUT2D eigenvalue weighted by atomic mass is 16.1. The fourth-order valence-corrected chi connectivity index (χ4v) is 7.12. The topological polar surface area (TPSA) is 17.1 Å². The highest BCUT2D eigenvalue weighted by Gasteiger charge is 2.60. The molecule has 0 aromatic carbocycles. The van der Waals surface area contributed by atoms with Gasteiger partial charge in [-0.2, -0.15) is 0 Å². The smallest absolute Gasteiger partial charge is 0.137 e. The van der Waals surface area contributed by atoms with Crippen molar-refractivity contribution in [1.82, 2.24) is 0 Å². The molecule has 112 valence electrons. The molecule has 4 saturated carbocycles. The Kier molecular flexibility index (Phi) is 2.89. The molecule has 4 aliphatic rings. The summed E-state index contributed by atoms with van der Waals surface area (Å²) in [4.78, 5) is 13.0. The first-order valence-corrected chi connectivity index (χ1v) is 9.07. The molecule has 0 saturated heterocycles. The lowest BCUT2D eigenvalue weighted by molar-refractivity contribution is -0.155. The van der Waals surface area contributed by atoms with Crippen LogP contribution < -0.4 is 0 Å². The monoisotopic (exact) mass is 274 g/mol. The van der Waals surface area contributed by atoms with E-state index in [1.165, 1.54) is 57.8 Å². The van der Waals surface area contributed by atoms with Gasteiger partial charge in [-0.1, -0.05) is 33.1 Å². The summed E-state index contributed by atoms with van der Waals surface area (Å²) in [5, 5.41) is 0. The zero-order valence-electron chi connectivity index (χ0n) is 13.3. The highest BCUT2D eigenvalue weighted by Crippen LogP contribution is 2.65. The maximum Gasteiger partial charge on any atom is 0.137 e. The van der Waals surface area contributed by atoms with Gasteiger partial charge >= 0.3 is 0 Å². The summed E-state index contributed by atoms with van der Waals surface area (Å²) in [6, 6.07) is 0. The number of rotatable bonds is 0. The first-order chi connectivity index (χ1) is 9.55. The van der Waals surface area contributed by atoms with E-state index < -0.39 is 0 Å². The predicted molar refractivity (Wildman–Crippen MR) is 81.4 cm³/mol. The summed E-state index contributed by atoms with van der Waals surface area (Å²) < 4.78 is 0. The summed E-state index contributed by atoms with van der Waals surface area (Å²) in [5.41, 5.74) is 0.734. The lowest BCUT2D eigenvalue weighted by Crippen LogP contribution is -2.55. The Morgan fingerprint density at radius 2 is 1.80 bits per heavy atom. The van der Waals surface area contributed by atoms with Gasteiger partial charge in [0.1, 0.15) is 5.78 Å². The molecule has 0 spiro atoms. The van der Waals surface area contributed by atoms with Gasteiger partial charge in [0.2, 0.25) is 0 Å². The van der Waals surface area contributed by atoms with E-state index in [4.69, 9.17) is 0 Å². The molecule has 0 radical (unpaired) electrons. The Hall–Kier alpha value is -0.330. The van der Waals surface area contributed by atoms with Crippen LogP contribution in [0, 0.1) is 34.5 Å². The molecule has 0 N–H and O–H groups in total. The zero-order valence-corrected chi connectivity index (χ0v) is 13.3. The van der Waals surface area contributed by atoms with Crippen LogP contribution in [0.5, 0.6) is 0 Å². The average Bonchev–Trinajstić information content (AvgIpc) is 2.78. The maximum atomic E-state index is 13.0. The molecule has 0 heterocycles. The van der Waals surface area contributed by atoms with Crippen LogP contribution in [0.25, 0.3) is 0 Å². The van der Waals surface area contributed by atoms with Crippen LogP contribution in [0.1, 0.15) is 78.1 Å². The van der Waals surface area contributed by atoms with Crippen molar-refractivity contribution in [2.24, 2.45) is 34.5 Å². The van der Waals surface area contributed by atoms with Gasteiger partial charge < -0.3 is 0 Å². The molecule has 4 aliphatic carbocycles. The fourth-order valence-electron chi connectivity index (χ4n) is 7.12. The number of hydrogen-bond acceptors (Lipinski definition) is 1. The molecule has 0 aromatic rings. The Balaban J connectivity index is 1.71. The SMILES string of the molecule is CC12CCCC1C1CCC3CCCCC3(C)C1C(=O)C2. The summed E-state index contributed by atoms with van der Waals surface area (Å²) >= 11 is 0. The minimum atomic E-state index is 0.363. The molecule has 1 nitrogen and oxygen atoms in total. The predicted octanol–water partition coefficient (Wildman–Crippen LogP) is 4.99. The lowest BCUT2D eigenvalue weighted by atomic mass is 9.45. The average molecular weight is 274 g/mol. The first-order valence-electron chi connectivity index (χ1n) is 9.07. The van der Waals surface area contributed by atoms with E-state index in [9.17, 15) is 4.79 Å². The van der Waals surface area contributed by atoms with Gasteiger partial charge in [-0.25, -0.2) is 0 Å². The van der Waals surface area contributed by atoms with E-state index in [0.29, 0.717) is 22.5 Å². The second kappa shape index (κ2) is 4.34. The standard InChI is InChI=1S/C19H30O/c1-18-10-5-7-15(18)14-9-8-13-6-3-4-11-19(13,2)17(14)16(20)12-18/h13-15,17H,3-12H2,1-2H3. The van der Waals surface area contributed by atoms with Crippen molar-refractivity contribution in [2.45, 2.75) is 78.1 Å². The molecule has 1 heteroatoms. The van der Waals surface area contributed by atoms with Crippen LogP contribution in [0.2, 0.25) is 0 Å². The third-order valence-electron chi connectivity index (χ3n) is 8.04. The molecular weight excluding hydrogens is 244 g/mol. The van der Waals surface area contributed by atoms with Crippen LogP contribution in [0.3, 0.4) is 0 Å². The number of fused-ring (bicyclic) bond motifs is 5. The first kappa shape index (κ1) is 13.3. The second-order valence-electron chi connectivity index (χ2n) is 8.96. The number of Topliss-reactive ketones (excluding diaryl/α,β-unsaturated/α-hetero) is 1. The molecule has 0 aliphatic heterocycles. The highest BCUT2D eigenvalue weighted by molar-refractivity contribution is 5.84. The van der Waals surface area contributed by atoms with Gasteiger partial charge in [-0.15, -0.1) is 0 Å². The molecule has 6 unspecified atom stereocenters. The normalized spacial score (nSPS) is 55.0. The minimum absolute atomic E-state index is 0.363. The summed E-state index contributed by atoms with van der Waals surface area (Å²) in [7, 11) is 0. The van der Waals surface area contributed by atoms with Crippen LogP contribution >= 0.6 is 0 Å². The molecule has 4 fully saturated rings. The Morgan fingerprint density at radius 3 is 2.65 bits per heavy atom. The van der Waals surface area contributed by atoms with Crippen molar-refractivity contribution >= 4 is 5.78 Å². The van der Waals surface area contributed by atoms with Crippen molar-refractivity contribution in [3.63, 3.8) is 0 Å². The summed E-state index contributed by atoms with van der Waals surface area (Å²) in [6.07, 6.45) is 13.3. The Bertz CT molecular complexity index is 427. The Labute approximate surface area is 123 Å². The van der Waals surface area contributed by atoms with Crippen LogP contribution in [-0.4, -0.2) is 5.78 Å². The van der Waals surface area contributed by atoms with Gasteiger partial charge in [0.15, 0.2) is 0 Å². The number of carbonyl (C=O) groups is 1. The van der Waals surface area contributed by atoms with E-state index in [2.05, 4.69) is 13.8 Å². The molecule has 0 bridgehead atoms. The maximum absolute atomic E-state index is 13.0. The van der Waals surface area contributed by atoms with Crippen molar-refractivity contribution < 1.29 is 4.79 Å². The number of carbonyl (C=O) groups excluding carboxylic acids is 1. The van der Waals surface area contributed by atoms with Crippen LogP contribution in [-0.2, 0) is 4.79 Å². The van der Waals surface area contributed by atoms with Gasteiger partial charge in [0.25, 0.3) is 0 Å². The van der Waals surface area contributed by atoms with Gasteiger partial charge in [-0.3, -0.25) is 4.79 Å². The largest absolute Gasteiger partial charge is 0.299 e. The lowest BCUT2D eigenvalue weighted by Gasteiger charge is -2.58. The van der Waals surface area contributed by atoms with Crippen molar-refractivity contribution in [3.05, 3.63) is 0 Å². The van der Waals surface area contributed by atoms with Gasteiger partial charge in [0, 0.05) is 12.3 Å². The zero-order chi connectivity index (χ0) is 14.0. The summed E-state index contributed by atoms with van der Waals surface area (Å²) in [5.74, 6) is 3.54. The van der Waals surface area contributed by atoms with Crippen LogP contribution in [0.15, 0.2) is 0 Å². The molecule has 0 aromatic heterocycles. The van der Waals surface area contributed by atoms with Crippen molar-refractivity contribution in [1.29, 1.82) is 0 Å². The fraction of sp³-hybridized carbons (Fsp3) is 0.947. The van der Waals surface area contributed by atoms with Crippen LogP contribution in [0.4, 0.5) is 0 Å². The third kappa shape index (κ3) is 1.64. The van der Waals surface area contributed by atoms with Gasteiger partial charge in [0.05, 0.1) is 0 Å². The molecule has 4 rings (SSSR count). The van der Waals surface area contributed by atoms with E-state index in [0.717, 1.165) is 24.2 Å². The van der Waals surface area contributed by atoms with E-state index in [-0.39, 0.29) is 0 Å². The number of hydrogen-bond donors (Lipinski definition) is 0. The van der Waals surface area contributed by atoms with Crippen molar-refractivity contribution in [3.8, 4) is 0 Å². The van der Waals surface area contributed by atoms with E-state index in [1.807, 2.05) is 0 Å². The van der Waals surface area contributed by atoms with E-state index >= 15 is 0 Å². The summed E-state index contributed by atoms with van der Waals surface area (Å²) in [6.45, 7) is 4.91. The minimum Gasteiger partial charge on any atom is -0.299 e. The molecule has 6 atom stereocenters. The number of ketones is 1. The quantitative estimate of drug-likeness (QED) is 0.608. The molecule has 0 amide bonds. The van der Waals surface area contributed by atoms with Gasteiger partial charge in [-0.05, 0) is 67.1 Å². The molecule has 20 heavy (non-hydrogen) atoms. The third-order valence-corrected chi connectivity index (χ3v) is 8.04. The second-order valence-corrected chi connectivity index (χ2v) is 8.96. The molecular formula is C19H30O. The Morgan fingerprint density at radius 1 is 0.950 bits per heavy atom.